The summed E-state index contributed by atoms with van der Waals surface area (Å²) in [6.45, 7) is 4.28. The van der Waals surface area contributed by atoms with Gasteiger partial charge in [-0.1, -0.05) is 363 Å². The quantitative estimate of drug-likeness (QED) is 0.0853. The maximum absolute atomic E-state index is 4.65. The highest BCUT2D eigenvalue weighted by molar-refractivity contribution is 7.25. The molecule has 0 saturated heterocycles. The fourth-order valence-electron chi connectivity index (χ4n) is 20.6. The van der Waals surface area contributed by atoms with Crippen LogP contribution < -0.4 is 19.6 Å². The van der Waals surface area contributed by atoms with E-state index in [9.17, 15) is 0 Å². The molecule has 0 atom stereocenters. The molecule has 131 heavy (non-hydrogen) atoms. The number of para-hydroxylation sites is 1. The molecular weight excluding hydrogens is 1600 g/mol. The van der Waals surface area contributed by atoms with Crippen LogP contribution in [0.3, 0.4) is 0 Å². The molecule has 2 aliphatic rings. The number of hydrogen-bond acceptors (Lipinski definition) is 6. The fourth-order valence-corrected chi connectivity index (χ4v) is 21.7. The number of aryl methyl sites for hydroxylation is 2. The van der Waals surface area contributed by atoms with Crippen molar-refractivity contribution in [2.24, 2.45) is 0 Å². The van der Waals surface area contributed by atoms with Crippen LogP contribution in [-0.2, 0) is 10.8 Å². The van der Waals surface area contributed by atoms with Gasteiger partial charge in [0.2, 0.25) is 0 Å². The summed E-state index contributed by atoms with van der Waals surface area (Å²) in [4.78, 5) is 15.3. The van der Waals surface area contributed by atoms with Crippen molar-refractivity contribution < 1.29 is 0 Å². The lowest BCUT2D eigenvalue weighted by atomic mass is 9.67. The average Bonchev–Trinajstić information content (AvgIpc) is 1.54. The molecule has 0 spiro atoms. The van der Waals surface area contributed by atoms with E-state index in [4.69, 9.17) is 0 Å². The van der Waals surface area contributed by atoms with Crippen molar-refractivity contribution in [3.63, 3.8) is 0 Å². The van der Waals surface area contributed by atoms with Crippen molar-refractivity contribution in [1.29, 1.82) is 0 Å². The van der Waals surface area contributed by atoms with Crippen LogP contribution in [0.15, 0.2) is 504 Å². The Balaban J connectivity index is 0.000000149. The molecule has 5 nitrogen and oxygen atoms in total. The van der Waals surface area contributed by atoms with Crippen LogP contribution in [0.5, 0.6) is 0 Å². The molecule has 22 aromatic rings. The number of pyridine rings is 1. The zero-order valence-electron chi connectivity index (χ0n) is 72.6. The van der Waals surface area contributed by atoms with Crippen molar-refractivity contribution in [3.8, 4) is 44.5 Å². The Bertz CT molecular complexity index is 7850. The average molecular weight is 1690 g/mol. The van der Waals surface area contributed by atoms with Crippen LogP contribution in [0.1, 0.15) is 55.6 Å². The molecule has 0 unspecified atom stereocenters. The van der Waals surface area contributed by atoms with Gasteiger partial charge in [-0.05, 0) is 259 Å². The van der Waals surface area contributed by atoms with Crippen molar-refractivity contribution in [2.45, 2.75) is 24.7 Å². The standard InChI is InChI=1S/C63H44N2.C62H45N3S/c1-4-22-49(23-5-1)63(50-24-6-2-7-25-50)59-31-15-14-30-57(59)58-43-42-54(44-60(58)63)65(62-33-17-21-48-19-11-13-29-56(48)62)53-40-36-46(37-41-53)45-34-38-52(39-35-45)64(51-26-8-3-9-27-51)61-32-16-20-47-18-10-12-28-55(47)61;1-42-19-27-48(28-20-42)64(52-36-38-59-57(40-52)54-16-9-10-18-58(54)62(59,46-12-5-3-6-13-46)47-14-7-4-8-15-47)50-31-23-44(24-32-50)45-25-33-51(34-26-45)65(49-29-21-43(2)22-30-49)53-35-37-55-56-17-11-39-63-61(56)66-60(55)41-53/h1-44H;3-41H,1-2H3. The Hall–Kier alpha value is -16.5. The van der Waals surface area contributed by atoms with E-state index in [0.29, 0.717) is 0 Å². The van der Waals surface area contributed by atoms with Gasteiger partial charge in [-0.2, -0.15) is 0 Å². The Morgan fingerprint density at radius 2 is 0.527 bits per heavy atom. The van der Waals surface area contributed by atoms with Crippen molar-refractivity contribution in [3.05, 3.63) is 559 Å². The highest BCUT2D eigenvalue weighted by atomic mass is 32.1. The lowest BCUT2D eigenvalue weighted by molar-refractivity contribution is 0.768. The SMILES string of the molecule is Cc1ccc(N(c2ccc(-c3ccc(N(c4ccc(C)cc4)c4ccc5c(c4)sc4ncccc45)cc3)cc2)c2ccc3c(c2)-c2ccccc2C3(c2ccccc2)c2ccccc2)cc1.c1ccc(N(c2ccc(-c3ccc(N(c4ccc5c(c4)C(c4ccccc4)(c4ccccc4)c4ccccc4-5)c4cccc5ccccc45)cc3)cc2)c2cccc3ccccc23)cc1. The van der Waals surface area contributed by atoms with Crippen LogP contribution in [0.2, 0.25) is 0 Å². The van der Waals surface area contributed by atoms with Gasteiger partial charge in [0.05, 0.1) is 22.2 Å². The van der Waals surface area contributed by atoms with Crippen LogP contribution in [0, 0.1) is 13.8 Å². The molecular formula is C125H89N5S. The Labute approximate surface area is 768 Å². The molecule has 0 saturated carbocycles. The van der Waals surface area contributed by atoms with Crippen LogP contribution in [0.25, 0.3) is 86.4 Å². The normalized spacial score (nSPS) is 12.5. The molecule has 620 valence electrons. The monoisotopic (exact) mass is 1690 g/mol. The fraction of sp³-hybridized carbons (Fsp3) is 0.0320. The van der Waals surface area contributed by atoms with Gasteiger partial charge in [0, 0.05) is 89.3 Å². The van der Waals surface area contributed by atoms with Crippen molar-refractivity contribution in [1.82, 2.24) is 4.98 Å². The number of nitrogens with zero attached hydrogens (tertiary/aromatic N) is 5. The molecule has 0 bridgehead atoms. The third kappa shape index (κ3) is 14.0. The highest BCUT2D eigenvalue weighted by Gasteiger charge is 2.48. The van der Waals surface area contributed by atoms with Gasteiger partial charge in [0.1, 0.15) is 4.83 Å². The van der Waals surface area contributed by atoms with Gasteiger partial charge < -0.3 is 19.6 Å². The van der Waals surface area contributed by atoms with Gasteiger partial charge in [0.25, 0.3) is 0 Å². The zero-order valence-corrected chi connectivity index (χ0v) is 73.4. The molecule has 2 aliphatic carbocycles. The van der Waals surface area contributed by atoms with E-state index in [1.54, 1.807) is 11.3 Å². The first kappa shape index (κ1) is 79.2. The van der Waals surface area contributed by atoms with Gasteiger partial charge in [-0.3, -0.25) is 0 Å². The van der Waals surface area contributed by atoms with E-state index >= 15 is 0 Å². The number of rotatable bonds is 18. The Morgan fingerprint density at radius 3 is 1.00 bits per heavy atom. The summed E-state index contributed by atoms with van der Waals surface area (Å²) in [7, 11) is 0. The van der Waals surface area contributed by atoms with Gasteiger partial charge >= 0.3 is 0 Å². The second kappa shape index (κ2) is 33.7. The lowest BCUT2D eigenvalue weighted by Crippen LogP contribution is -2.28. The molecule has 0 amide bonds. The molecule has 20 aromatic carbocycles. The minimum Gasteiger partial charge on any atom is -0.310 e. The summed E-state index contributed by atoms with van der Waals surface area (Å²) in [6, 6.07) is 182. The summed E-state index contributed by atoms with van der Waals surface area (Å²) in [5.41, 5.74) is 34.8. The number of fused-ring (bicyclic) bond motifs is 11. The van der Waals surface area contributed by atoms with Gasteiger partial charge in [-0.15, -0.1) is 11.3 Å². The zero-order chi connectivity index (χ0) is 87.4. The predicted octanol–water partition coefficient (Wildman–Crippen LogP) is 34.0. The molecule has 0 radical (unpaired) electrons. The van der Waals surface area contributed by atoms with Crippen LogP contribution in [-0.4, -0.2) is 4.98 Å². The summed E-state index contributed by atoms with van der Waals surface area (Å²) < 4.78 is 1.23. The van der Waals surface area contributed by atoms with E-state index in [0.717, 1.165) is 95.3 Å². The number of benzene rings is 20. The molecule has 24 rings (SSSR count). The topological polar surface area (TPSA) is 25.9 Å². The molecule has 2 heterocycles. The first-order valence-electron chi connectivity index (χ1n) is 45.0. The minimum atomic E-state index is -0.505. The first-order valence-corrected chi connectivity index (χ1v) is 45.8. The number of hydrogen-bond donors (Lipinski definition) is 0. The predicted molar refractivity (Wildman–Crippen MR) is 552 cm³/mol. The smallest absolute Gasteiger partial charge is 0.124 e. The van der Waals surface area contributed by atoms with E-state index in [1.807, 2.05) is 12.3 Å². The summed E-state index contributed by atoms with van der Waals surface area (Å²) in [5, 5.41) is 7.28. The van der Waals surface area contributed by atoms with Gasteiger partial charge in [0.15, 0.2) is 0 Å². The first-order chi connectivity index (χ1) is 64.8. The number of thiophene rings is 1. The highest BCUT2D eigenvalue weighted by Crippen LogP contribution is 2.60. The minimum absolute atomic E-state index is 0.444. The second-order valence-electron chi connectivity index (χ2n) is 34.2. The largest absolute Gasteiger partial charge is 0.310 e. The Morgan fingerprint density at radius 1 is 0.206 bits per heavy atom. The van der Waals surface area contributed by atoms with Crippen molar-refractivity contribution >= 4 is 121 Å². The third-order valence-electron chi connectivity index (χ3n) is 26.7. The Kier molecular flexibility index (Phi) is 20.4. The van der Waals surface area contributed by atoms with E-state index in [1.165, 1.54) is 115 Å². The third-order valence-corrected chi connectivity index (χ3v) is 27.8. The maximum Gasteiger partial charge on any atom is 0.124 e. The lowest BCUT2D eigenvalue weighted by Gasteiger charge is -2.35. The molecule has 2 aromatic heterocycles. The van der Waals surface area contributed by atoms with Gasteiger partial charge in [-0.25, -0.2) is 4.98 Å². The number of aromatic nitrogens is 1. The molecule has 0 aliphatic heterocycles. The molecule has 6 heteroatoms. The van der Waals surface area contributed by atoms with E-state index in [2.05, 4.69) is 530 Å². The van der Waals surface area contributed by atoms with Crippen LogP contribution >= 0.6 is 11.3 Å². The molecule has 0 N–H and O–H groups in total. The summed E-state index contributed by atoms with van der Waals surface area (Å²) >= 11 is 1.75. The summed E-state index contributed by atoms with van der Waals surface area (Å²) in [5.74, 6) is 0. The second-order valence-corrected chi connectivity index (χ2v) is 35.2. The molecule has 0 fully saturated rings. The maximum atomic E-state index is 4.65. The van der Waals surface area contributed by atoms with Crippen molar-refractivity contribution in [2.75, 3.05) is 19.6 Å². The summed E-state index contributed by atoms with van der Waals surface area (Å²) in [6.07, 6.45) is 1.88. The van der Waals surface area contributed by atoms with Crippen LogP contribution in [0.4, 0.5) is 68.2 Å². The van der Waals surface area contributed by atoms with E-state index < -0.39 is 10.8 Å². The van der Waals surface area contributed by atoms with E-state index in [-0.39, 0.29) is 0 Å². The number of anilines is 12.